The molecular weight excluding hydrogens is 340 g/mol. The number of carbonyl (C=O) groups is 2. The molecule has 0 bridgehead atoms. The molecule has 0 aliphatic heterocycles. The Morgan fingerprint density at radius 3 is 2.37 bits per heavy atom. The SMILES string of the molecule is CC(C)NC(=O)Nc1ccccc1C(=O)NCCCN(C)c1ccccc1. The number of urea groups is 1. The Hall–Kier alpha value is -3.02. The molecule has 2 aromatic carbocycles. The summed E-state index contributed by atoms with van der Waals surface area (Å²) in [4.78, 5) is 26.5. The minimum Gasteiger partial charge on any atom is -0.375 e. The molecule has 0 aliphatic carbocycles. The van der Waals surface area contributed by atoms with Crippen LogP contribution in [0.1, 0.15) is 30.6 Å². The molecule has 0 saturated heterocycles. The molecule has 27 heavy (non-hydrogen) atoms. The topological polar surface area (TPSA) is 73.5 Å². The van der Waals surface area contributed by atoms with Crippen molar-refractivity contribution in [1.29, 1.82) is 0 Å². The zero-order valence-corrected chi connectivity index (χ0v) is 16.2. The normalized spacial score (nSPS) is 10.4. The van der Waals surface area contributed by atoms with Crippen molar-refractivity contribution in [3.05, 3.63) is 60.2 Å². The fourth-order valence-corrected chi connectivity index (χ4v) is 2.64. The van der Waals surface area contributed by atoms with Crippen LogP contribution in [-0.4, -0.2) is 38.1 Å². The smallest absolute Gasteiger partial charge is 0.319 e. The molecule has 0 unspecified atom stereocenters. The van der Waals surface area contributed by atoms with Gasteiger partial charge in [-0.2, -0.15) is 0 Å². The highest BCUT2D eigenvalue weighted by Gasteiger charge is 2.13. The lowest BCUT2D eigenvalue weighted by atomic mass is 10.1. The van der Waals surface area contributed by atoms with Gasteiger partial charge in [-0.1, -0.05) is 30.3 Å². The highest BCUT2D eigenvalue weighted by atomic mass is 16.2. The van der Waals surface area contributed by atoms with Gasteiger partial charge in [0.25, 0.3) is 5.91 Å². The van der Waals surface area contributed by atoms with Crippen molar-refractivity contribution in [1.82, 2.24) is 10.6 Å². The van der Waals surface area contributed by atoms with Crippen LogP contribution in [-0.2, 0) is 0 Å². The number of nitrogens with one attached hydrogen (secondary N) is 3. The van der Waals surface area contributed by atoms with Crippen molar-refractivity contribution >= 4 is 23.3 Å². The van der Waals surface area contributed by atoms with Gasteiger partial charge < -0.3 is 20.9 Å². The van der Waals surface area contributed by atoms with Gasteiger partial charge in [-0.05, 0) is 44.5 Å². The summed E-state index contributed by atoms with van der Waals surface area (Å²) in [5.41, 5.74) is 2.09. The molecule has 6 nitrogen and oxygen atoms in total. The number of anilines is 2. The van der Waals surface area contributed by atoms with Gasteiger partial charge in [-0.3, -0.25) is 4.79 Å². The Kier molecular flexibility index (Phi) is 7.67. The molecule has 0 spiro atoms. The molecule has 144 valence electrons. The number of amides is 3. The predicted molar refractivity (Wildman–Crippen MR) is 110 cm³/mol. The molecule has 0 saturated carbocycles. The lowest BCUT2D eigenvalue weighted by Gasteiger charge is -2.19. The summed E-state index contributed by atoms with van der Waals surface area (Å²) in [5, 5.41) is 8.41. The van der Waals surface area contributed by atoms with Gasteiger partial charge in [0.05, 0.1) is 11.3 Å². The van der Waals surface area contributed by atoms with Crippen LogP contribution in [0.5, 0.6) is 0 Å². The summed E-state index contributed by atoms with van der Waals surface area (Å²) in [6.07, 6.45) is 0.820. The second-order valence-corrected chi connectivity index (χ2v) is 6.67. The van der Waals surface area contributed by atoms with Crippen molar-refractivity contribution < 1.29 is 9.59 Å². The van der Waals surface area contributed by atoms with Crippen LogP contribution in [0, 0.1) is 0 Å². The van der Waals surface area contributed by atoms with E-state index < -0.39 is 0 Å². The maximum atomic E-state index is 12.5. The second-order valence-electron chi connectivity index (χ2n) is 6.67. The van der Waals surface area contributed by atoms with Crippen LogP contribution in [0.4, 0.5) is 16.2 Å². The molecule has 3 N–H and O–H groups in total. The molecule has 2 aromatic rings. The third-order valence-corrected chi connectivity index (χ3v) is 3.99. The van der Waals surface area contributed by atoms with E-state index >= 15 is 0 Å². The van der Waals surface area contributed by atoms with Crippen molar-refractivity contribution in [3.8, 4) is 0 Å². The Bertz CT molecular complexity index is 747. The van der Waals surface area contributed by atoms with Crippen LogP contribution in [0.2, 0.25) is 0 Å². The van der Waals surface area contributed by atoms with E-state index in [0.29, 0.717) is 17.8 Å². The standard InChI is InChI=1S/C21H28N4O2/c1-16(2)23-21(27)24-19-13-8-7-12-18(19)20(26)22-14-9-15-25(3)17-10-5-4-6-11-17/h4-8,10-13,16H,9,14-15H2,1-3H3,(H,22,26)(H2,23,24,27). The average molecular weight is 368 g/mol. The van der Waals surface area contributed by atoms with Crippen LogP contribution in [0.15, 0.2) is 54.6 Å². The first-order chi connectivity index (χ1) is 13.0. The summed E-state index contributed by atoms with van der Waals surface area (Å²) in [6, 6.07) is 16.8. The molecular formula is C21H28N4O2. The monoisotopic (exact) mass is 368 g/mol. The fourth-order valence-electron chi connectivity index (χ4n) is 2.64. The van der Waals surface area contributed by atoms with E-state index in [0.717, 1.165) is 18.7 Å². The minimum atomic E-state index is -0.324. The quantitative estimate of drug-likeness (QED) is 0.625. The third kappa shape index (κ3) is 6.66. The summed E-state index contributed by atoms with van der Waals surface area (Å²) < 4.78 is 0. The Balaban J connectivity index is 1.84. The molecule has 0 atom stereocenters. The van der Waals surface area contributed by atoms with E-state index in [1.54, 1.807) is 24.3 Å². The number of benzene rings is 2. The van der Waals surface area contributed by atoms with Crippen molar-refractivity contribution in [2.75, 3.05) is 30.4 Å². The Labute approximate surface area is 161 Å². The molecule has 0 fully saturated rings. The number of rotatable bonds is 8. The van der Waals surface area contributed by atoms with Gasteiger partial charge in [0.1, 0.15) is 0 Å². The first kappa shape index (κ1) is 20.3. The lowest BCUT2D eigenvalue weighted by molar-refractivity contribution is 0.0954. The number of para-hydroxylation sites is 2. The largest absolute Gasteiger partial charge is 0.375 e. The van der Waals surface area contributed by atoms with Crippen molar-refractivity contribution in [2.45, 2.75) is 26.3 Å². The number of hydrogen-bond acceptors (Lipinski definition) is 3. The van der Waals surface area contributed by atoms with Gasteiger partial charge in [0.15, 0.2) is 0 Å². The van der Waals surface area contributed by atoms with E-state index in [9.17, 15) is 9.59 Å². The highest BCUT2D eigenvalue weighted by Crippen LogP contribution is 2.15. The first-order valence-electron chi connectivity index (χ1n) is 9.18. The van der Waals surface area contributed by atoms with E-state index in [1.165, 1.54) is 0 Å². The minimum absolute atomic E-state index is 0.0209. The molecule has 0 heterocycles. The molecule has 2 rings (SSSR count). The predicted octanol–water partition coefficient (Wildman–Crippen LogP) is 3.47. The van der Waals surface area contributed by atoms with Crippen molar-refractivity contribution in [2.24, 2.45) is 0 Å². The highest BCUT2D eigenvalue weighted by molar-refractivity contribution is 6.03. The van der Waals surface area contributed by atoms with Crippen LogP contribution in [0.3, 0.4) is 0 Å². The van der Waals surface area contributed by atoms with Gasteiger partial charge in [0.2, 0.25) is 0 Å². The summed E-state index contributed by atoms with van der Waals surface area (Å²) in [7, 11) is 2.03. The number of hydrogen-bond donors (Lipinski definition) is 3. The van der Waals surface area contributed by atoms with E-state index in [2.05, 4.69) is 33.0 Å². The number of nitrogens with zero attached hydrogens (tertiary/aromatic N) is 1. The third-order valence-electron chi connectivity index (χ3n) is 3.99. The van der Waals surface area contributed by atoms with Gasteiger partial charge in [-0.15, -0.1) is 0 Å². The second kappa shape index (κ2) is 10.2. The molecule has 3 amide bonds. The van der Waals surface area contributed by atoms with Crippen LogP contribution >= 0.6 is 0 Å². The first-order valence-corrected chi connectivity index (χ1v) is 9.18. The molecule has 0 radical (unpaired) electrons. The van der Waals surface area contributed by atoms with Crippen LogP contribution in [0.25, 0.3) is 0 Å². The molecule has 0 aliphatic rings. The maximum Gasteiger partial charge on any atom is 0.319 e. The van der Waals surface area contributed by atoms with Gasteiger partial charge in [-0.25, -0.2) is 4.79 Å². The Morgan fingerprint density at radius 1 is 1.00 bits per heavy atom. The summed E-state index contributed by atoms with van der Waals surface area (Å²) in [5.74, 6) is -0.196. The van der Waals surface area contributed by atoms with Gasteiger partial charge >= 0.3 is 6.03 Å². The average Bonchev–Trinajstić information content (AvgIpc) is 2.65. The lowest BCUT2D eigenvalue weighted by Crippen LogP contribution is -2.35. The molecule has 6 heteroatoms. The van der Waals surface area contributed by atoms with Crippen molar-refractivity contribution in [3.63, 3.8) is 0 Å². The summed E-state index contributed by atoms with van der Waals surface area (Å²) >= 11 is 0. The Morgan fingerprint density at radius 2 is 1.67 bits per heavy atom. The van der Waals surface area contributed by atoms with E-state index in [4.69, 9.17) is 0 Å². The fraction of sp³-hybridized carbons (Fsp3) is 0.333. The maximum absolute atomic E-state index is 12.5. The number of carbonyl (C=O) groups excluding carboxylic acids is 2. The summed E-state index contributed by atoms with van der Waals surface area (Å²) in [6.45, 7) is 5.15. The van der Waals surface area contributed by atoms with E-state index in [1.807, 2.05) is 39.1 Å². The zero-order valence-electron chi connectivity index (χ0n) is 16.2. The zero-order chi connectivity index (χ0) is 19.6. The molecule has 0 aromatic heterocycles. The van der Waals surface area contributed by atoms with Crippen LogP contribution < -0.4 is 20.9 Å². The van der Waals surface area contributed by atoms with E-state index in [-0.39, 0.29) is 18.0 Å². The van der Waals surface area contributed by atoms with Gasteiger partial charge in [0, 0.05) is 31.9 Å².